The number of rotatable bonds is 5. The molecular weight excluding hydrogens is 349 g/mol. The van der Waals surface area contributed by atoms with E-state index < -0.39 is 0 Å². The van der Waals surface area contributed by atoms with Crippen molar-refractivity contribution in [1.82, 2.24) is 15.2 Å². The van der Waals surface area contributed by atoms with Crippen molar-refractivity contribution in [2.45, 2.75) is 25.3 Å². The van der Waals surface area contributed by atoms with E-state index >= 15 is 0 Å². The van der Waals surface area contributed by atoms with Crippen molar-refractivity contribution in [2.24, 2.45) is 0 Å². The normalized spacial score (nSPS) is 17.2. The third-order valence-corrected chi connectivity index (χ3v) is 4.83. The highest BCUT2D eigenvalue weighted by atomic mass is 35.5. The van der Waals surface area contributed by atoms with Crippen LogP contribution in [-0.4, -0.2) is 42.0 Å². The maximum atomic E-state index is 12.3. The molecule has 2 heterocycles. The number of carbonyl (C=O) groups is 1. The van der Waals surface area contributed by atoms with Crippen molar-refractivity contribution in [3.63, 3.8) is 0 Å². The molecule has 1 amide bonds. The number of likely N-dealkylation sites (N-methyl/N-ethyl adjacent to an activating group) is 1. The summed E-state index contributed by atoms with van der Waals surface area (Å²) in [5.74, 6) is 1.21. The summed E-state index contributed by atoms with van der Waals surface area (Å²) in [6, 6.07) is 5.49. The van der Waals surface area contributed by atoms with E-state index in [9.17, 15) is 4.79 Å². The van der Waals surface area contributed by atoms with Gasteiger partial charge in [0.2, 0.25) is 5.91 Å². The summed E-state index contributed by atoms with van der Waals surface area (Å²) in [5.41, 5.74) is 0.736. The van der Waals surface area contributed by atoms with Crippen molar-refractivity contribution in [2.75, 3.05) is 20.1 Å². The van der Waals surface area contributed by atoms with Crippen LogP contribution < -0.4 is 5.32 Å². The van der Waals surface area contributed by atoms with Crippen molar-refractivity contribution >= 4 is 29.1 Å². The van der Waals surface area contributed by atoms with Gasteiger partial charge in [0.15, 0.2) is 11.7 Å². The van der Waals surface area contributed by atoms with Crippen LogP contribution in [0.4, 0.5) is 0 Å². The van der Waals surface area contributed by atoms with Crippen LogP contribution in [0, 0.1) is 0 Å². The molecule has 0 aliphatic carbocycles. The fourth-order valence-corrected chi connectivity index (χ4v) is 3.31. The van der Waals surface area contributed by atoms with E-state index in [-0.39, 0.29) is 11.9 Å². The molecule has 24 heavy (non-hydrogen) atoms. The average molecular weight is 368 g/mol. The number of oxazole rings is 1. The topological polar surface area (TPSA) is 58.4 Å². The van der Waals surface area contributed by atoms with Gasteiger partial charge in [0, 0.05) is 43.1 Å². The summed E-state index contributed by atoms with van der Waals surface area (Å²) < 4.78 is 5.72. The molecule has 1 aromatic carbocycles. The first-order valence-electron chi connectivity index (χ1n) is 7.91. The zero-order valence-corrected chi connectivity index (χ0v) is 14.9. The minimum atomic E-state index is 0.105. The summed E-state index contributed by atoms with van der Waals surface area (Å²) >= 11 is 12.1. The molecule has 0 spiro atoms. The summed E-state index contributed by atoms with van der Waals surface area (Å²) in [6.07, 6.45) is 3.47. The van der Waals surface area contributed by atoms with Crippen LogP contribution >= 0.6 is 23.2 Å². The highest BCUT2D eigenvalue weighted by Crippen LogP contribution is 2.30. The lowest BCUT2D eigenvalue weighted by molar-refractivity contribution is -0.131. The molecule has 1 aliphatic rings. The Morgan fingerprint density at radius 2 is 2.29 bits per heavy atom. The quantitative estimate of drug-likeness (QED) is 0.879. The number of carbonyl (C=O) groups excluding carboxylic acids is 1. The van der Waals surface area contributed by atoms with Crippen LogP contribution in [-0.2, 0) is 11.2 Å². The first-order valence-corrected chi connectivity index (χ1v) is 8.66. The molecular formula is C17H19Cl2N3O2. The van der Waals surface area contributed by atoms with Crippen LogP contribution in [0.5, 0.6) is 0 Å². The lowest BCUT2D eigenvalue weighted by Crippen LogP contribution is -2.38. The van der Waals surface area contributed by atoms with Crippen molar-refractivity contribution in [1.29, 1.82) is 0 Å². The van der Waals surface area contributed by atoms with E-state index in [1.165, 1.54) is 0 Å². The summed E-state index contributed by atoms with van der Waals surface area (Å²) in [4.78, 5) is 18.3. The number of halogens is 2. The Kier molecular flexibility index (Phi) is 5.43. The number of nitrogens with one attached hydrogen (secondary N) is 1. The van der Waals surface area contributed by atoms with Crippen LogP contribution in [0.2, 0.25) is 10.0 Å². The SMILES string of the molecule is CN(C(=O)CCc1ncc(-c2ccc(Cl)cc2Cl)o1)C1CCNC1. The van der Waals surface area contributed by atoms with E-state index in [0.717, 1.165) is 25.1 Å². The van der Waals surface area contributed by atoms with Gasteiger partial charge in [-0.25, -0.2) is 4.98 Å². The van der Waals surface area contributed by atoms with E-state index in [2.05, 4.69) is 10.3 Å². The van der Waals surface area contributed by atoms with Gasteiger partial charge in [0.25, 0.3) is 0 Å². The van der Waals surface area contributed by atoms with Crippen LogP contribution in [0.25, 0.3) is 11.3 Å². The number of nitrogens with zero attached hydrogens (tertiary/aromatic N) is 2. The van der Waals surface area contributed by atoms with Crippen molar-refractivity contribution in [3.8, 4) is 11.3 Å². The van der Waals surface area contributed by atoms with Crippen LogP contribution in [0.1, 0.15) is 18.7 Å². The lowest BCUT2D eigenvalue weighted by atomic mass is 10.2. The highest BCUT2D eigenvalue weighted by Gasteiger charge is 2.23. The Hall–Kier alpha value is -1.56. The number of hydrogen-bond acceptors (Lipinski definition) is 4. The molecule has 1 aromatic heterocycles. The molecule has 128 valence electrons. The number of aryl methyl sites for hydroxylation is 1. The predicted molar refractivity (Wildman–Crippen MR) is 94.3 cm³/mol. The molecule has 0 saturated carbocycles. The number of amides is 1. The number of benzene rings is 1. The molecule has 0 bridgehead atoms. The largest absolute Gasteiger partial charge is 0.441 e. The molecule has 1 atom stereocenters. The Labute approximate surface area is 150 Å². The van der Waals surface area contributed by atoms with E-state index in [4.69, 9.17) is 27.6 Å². The first-order chi connectivity index (χ1) is 11.5. The van der Waals surface area contributed by atoms with Gasteiger partial charge in [-0.1, -0.05) is 23.2 Å². The second kappa shape index (κ2) is 7.55. The lowest BCUT2D eigenvalue weighted by Gasteiger charge is -2.23. The second-order valence-electron chi connectivity index (χ2n) is 5.89. The summed E-state index contributed by atoms with van der Waals surface area (Å²) in [7, 11) is 1.86. The van der Waals surface area contributed by atoms with Gasteiger partial charge >= 0.3 is 0 Å². The minimum Gasteiger partial charge on any atom is -0.441 e. The van der Waals surface area contributed by atoms with Gasteiger partial charge in [-0.3, -0.25) is 4.79 Å². The maximum absolute atomic E-state index is 12.3. The van der Waals surface area contributed by atoms with Gasteiger partial charge in [0.05, 0.1) is 11.2 Å². The van der Waals surface area contributed by atoms with Crippen molar-refractivity contribution in [3.05, 3.63) is 40.3 Å². The third-order valence-electron chi connectivity index (χ3n) is 4.28. The van der Waals surface area contributed by atoms with E-state index in [1.54, 1.807) is 24.4 Å². The molecule has 1 saturated heterocycles. The van der Waals surface area contributed by atoms with Gasteiger partial charge in [0.1, 0.15) is 0 Å². The fourth-order valence-electron chi connectivity index (χ4n) is 2.80. The third kappa shape index (κ3) is 3.91. The van der Waals surface area contributed by atoms with E-state index in [0.29, 0.717) is 34.5 Å². The van der Waals surface area contributed by atoms with Crippen molar-refractivity contribution < 1.29 is 9.21 Å². The van der Waals surface area contributed by atoms with Gasteiger partial charge < -0.3 is 14.6 Å². The highest BCUT2D eigenvalue weighted by molar-refractivity contribution is 6.36. The smallest absolute Gasteiger partial charge is 0.223 e. The molecule has 1 fully saturated rings. The van der Waals surface area contributed by atoms with Gasteiger partial charge in [-0.2, -0.15) is 0 Å². The fraction of sp³-hybridized carbons (Fsp3) is 0.412. The zero-order valence-electron chi connectivity index (χ0n) is 13.4. The Morgan fingerprint density at radius 3 is 3.00 bits per heavy atom. The molecule has 1 N–H and O–H groups in total. The molecule has 7 heteroatoms. The molecule has 3 rings (SSSR count). The zero-order chi connectivity index (χ0) is 17.1. The van der Waals surface area contributed by atoms with Gasteiger partial charge in [-0.05, 0) is 31.2 Å². The number of aromatic nitrogens is 1. The van der Waals surface area contributed by atoms with Crippen LogP contribution in [0.15, 0.2) is 28.8 Å². The summed E-state index contributed by atoms with van der Waals surface area (Å²) in [6.45, 7) is 1.83. The molecule has 5 nitrogen and oxygen atoms in total. The molecule has 0 radical (unpaired) electrons. The molecule has 1 aliphatic heterocycles. The van der Waals surface area contributed by atoms with Crippen LogP contribution in [0.3, 0.4) is 0 Å². The minimum absolute atomic E-state index is 0.105. The first kappa shape index (κ1) is 17.3. The number of hydrogen-bond donors (Lipinski definition) is 1. The predicted octanol–water partition coefficient (Wildman–Crippen LogP) is 3.40. The standard InChI is InChI=1S/C17H19Cl2N3O2/c1-22(12-6-7-20-9-12)17(23)5-4-16-21-10-15(24-16)13-3-2-11(18)8-14(13)19/h2-3,8,10,12,20H,4-7,9H2,1H3. The molecule has 1 unspecified atom stereocenters. The Bertz CT molecular complexity index is 726. The average Bonchev–Trinajstić information content (AvgIpc) is 3.23. The Morgan fingerprint density at radius 1 is 1.46 bits per heavy atom. The monoisotopic (exact) mass is 367 g/mol. The Balaban J connectivity index is 1.60. The maximum Gasteiger partial charge on any atom is 0.223 e. The summed E-state index contributed by atoms with van der Waals surface area (Å²) in [5, 5.41) is 4.34. The second-order valence-corrected chi connectivity index (χ2v) is 6.74. The van der Waals surface area contributed by atoms with Gasteiger partial charge in [-0.15, -0.1) is 0 Å². The van der Waals surface area contributed by atoms with E-state index in [1.807, 2.05) is 11.9 Å². The molecule has 2 aromatic rings.